The van der Waals surface area contributed by atoms with E-state index in [2.05, 4.69) is 4.98 Å². The molecule has 0 radical (unpaired) electrons. The van der Waals surface area contributed by atoms with Gasteiger partial charge in [0.1, 0.15) is 11.0 Å². The fourth-order valence-electron chi connectivity index (χ4n) is 3.86. The lowest BCUT2D eigenvalue weighted by atomic mass is 9.79. The number of ether oxygens (including phenoxy) is 2. The number of carboxylic acids is 1. The number of carbonyl (C=O) groups excluding carboxylic acids is 2. The average molecular weight is 582 g/mol. The smallest absolute Gasteiger partial charge is 0.347 e. The first-order chi connectivity index (χ1) is 17.9. The number of benzene rings is 2. The number of hydrogen-bond donors (Lipinski definition) is 3. The summed E-state index contributed by atoms with van der Waals surface area (Å²) in [6, 6.07) is 9.15. The molecule has 3 rings (SSSR count). The van der Waals surface area contributed by atoms with Crippen LogP contribution in [-0.4, -0.2) is 59.8 Å². The van der Waals surface area contributed by atoms with E-state index in [0.29, 0.717) is 27.2 Å². The summed E-state index contributed by atoms with van der Waals surface area (Å²) in [5, 5.41) is 20.9. The molecule has 3 aromatic rings. The Bertz CT molecular complexity index is 1370. The number of hydrogen-bond acceptors (Lipinski definition) is 8. The van der Waals surface area contributed by atoms with Crippen LogP contribution in [0.25, 0.3) is 0 Å². The fourth-order valence-corrected chi connectivity index (χ4v) is 5.30. The minimum absolute atomic E-state index is 0.0170. The molecule has 38 heavy (non-hydrogen) atoms. The van der Waals surface area contributed by atoms with Crippen molar-refractivity contribution in [2.45, 2.75) is 19.4 Å². The van der Waals surface area contributed by atoms with Gasteiger partial charge in [-0.15, -0.1) is 11.3 Å². The number of amides is 2. The van der Waals surface area contributed by atoms with Crippen LogP contribution in [0.4, 0.5) is 5.69 Å². The standard InChI is InChI=1S/C25H25Cl2N3O7S/c1-25(21(31)22(28)32,10-20-29-11-19(38-20)24(34)35)12-30(14-5-7-17(36-2)18(9-14)37-3)23(33)15-6-4-13(26)8-16(15)27/h4-9,11,21,31H,10,12H2,1-3H3,(H2,28,32)(H,34,35). The Hall–Kier alpha value is -3.38. The first kappa shape index (κ1) is 29.2. The number of thiazole rings is 1. The van der Waals surface area contributed by atoms with Crippen molar-refractivity contribution >= 4 is 58.0 Å². The average Bonchev–Trinajstić information content (AvgIpc) is 3.34. The normalized spacial score (nSPS) is 13.3. The van der Waals surface area contributed by atoms with Crippen molar-refractivity contribution in [1.82, 2.24) is 4.98 Å². The molecule has 2 amide bonds. The number of aromatic nitrogens is 1. The molecule has 4 N–H and O–H groups in total. The third-order valence-corrected chi connectivity index (χ3v) is 7.39. The van der Waals surface area contributed by atoms with Gasteiger partial charge in [0.25, 0.3) is 5.91 Å². The number of halogens is 2. The lowest BCUT2D eigenvalue weighted by molar-refractivity contribution is -0.132. The molecule has 0 spiro atoms. The van der Waals surface area contributed by atoms with E-state index in [4.69, 9.17) is 38.4 Å². The van der Waals surface area contributed by atoms with Crippen LogP contribution in [0.2, 0.25) is 10.0 Å². The number of primary amides is 1. The largest absolute Gasteiger partial charge is 0.493 e. The topological polar surface area (TPSA) is 152 Å². The van der Waals surface area contributed by atoms with Gasteiger partial charge in [-0.05, 0) is 30.3 Å². The molecule has 1 aromatic heterocycles. The van der Waals surface area contributed by atoms with E-state index in [0.717, 1.165) is 11.3 Å². The van der Waals surface area contributed by atoms with Crippen LogP contribution in [0.15, 0.2) is 42.6 Å². The van der Waals surface area contributed by atoms with Crippen LogP contribution in [0.3, 0.4) is 0 Å². The molecular formula is C25H25Cl2N3O7S. The highest BCUT2D eigenvalue weighted by Crippen LogP contribution is 2.37. The molecule has 0 aliphatic carbocycles. The van der Waals surface area contributed by atoms with Crippen molar-refractivity contribution in [2.75, 3.05) is 25.7 Å². The van der Waals surface area contributed by atoms with Crippen molar-refractivity contribution in [3.8, 4) is 11.5 Å². The van der Waals surface area contributed by atoms with Crippen LogP contribution in [0, 0.1) is 5.41 Å². The van der Waals surface area contributed by atoms with Gasteiger partial charge in [0, 0.05) is 35.2 Å². The Labute approximate surface area is 232 Å². The summed E-state index contributed by atoms with van der Waals surface area (Å²) < 4.78 is 10.7. The molecule has 0 aliphatic rings. The number of anilines is 1. The Morgan fingerprint density at radius 2 is 1.82 bits per heavy atom. The van der Waals surface area contributed by atoms with Crippen LogP contribution < -0.4 is 20.1 Å². The monoisotopic (exact) mass is 581 g/mol. The second kappa shape index (κ2) is 12.0. The van der Waals surface area contributed by atoms with Gasteiger partial charge < -0.3 is 30.3 Å². The van der Waals surface area contributed by atoms with Crippen molar-refractivity contribution < 1.29 is 34.1 Å². The molecule has 202 valence electrons. The Morgan fingerprint density at radius 1 is 1.13 bits per heavy atom. The van der Waals surface area contributed by atoms with Crippen LogP contribution in [-0.2, 0) is 11.2 Å². The summed E-state index contributed by atoms with van der Waals surface area (Å²) in [6.45, 7) is 1.31. The van der Waals surface area contributed by atoms with Crippen molar-refractivity contribution in [3.63, 3.8) is 0 Å². The molecule has 10 nitrogen and oxygen atoms in total. The lowest BCUT2D eigenvalue weighted by Gasteiger charge is -2.37. The van der Waals surface area contributed by atoms with E-state index < -0.39 is 29.3 Å². The molecule has 0 fully saturated rings. The highest BCUT2D eigenvalue weighted by Gasteiger charge is 2.41. The minimum atomic E-state index is -1.73. The molecule has 2 atom stereocenters. The second-order valence-corrected chi connectivity index (χ2v) is 10.6. The molecule has 2 aromatic carbocycles. The predicted molar refractivity (Wildman–Crippen MR) is 144 cm³/mol. The van der Waals surface area contributed by atoms with Gasteiger partial charge in [-0.25, -0.2) is 9.78 Å². The quantitative estimate of drug-likeness (QED) is 0.308. The first-order valence-corrected chi connectivity index (χ1v) is 12.6. The van der Waals surface area contributed by atoms with Gasteiger partial charge in [-0.2, -0.15) is 0 Å². The number of carbonyl (C=O) groups is 3. The number of nitrogens with zero attached hydrogens (tertiary/aromatic N) is 2. The Morgan fingerprint density at radius 3 is 2.37 bits per heavy atom. The van der Waals surface area contributed by atoms with Gasteiger partial charge in [-0.3, -0.25) is 9.59 Å². The van der Waals surface area contributed by atoms with Crippen molar-refractivity contribution in [2.24, 2.45) is 11.1 Å². The predicted octanol–water partition coefficient (Wildman–Crippen LogP) is 3.91. The summed E-state index contributed by atoms with van der Waals surface area (Å²) in [4.78, 5) is 42.8. The van der Waals surface area contributed by atoms with Gasteiger partial charge >= 0.3 is 5.97 Å². The summed E-state index contributed by atoms with van der Waals surface area (Å²) in [5.74, 6) is -2.01. The Balaban J connectivity index is 2.14. The van der Waals surface area contributed by atoms with Crippen LogP contribution >= 0.6 is 34.5 Å². The number of rotatable bonds is 11. The summed E-state index contributed by atoms with van der Waals surface area (Å²) in [6.07, 6.45) is -0.610. The summed E-state index contributed by atoms with van der Waals surface area (Å²) in [5.41, 5.74) is 4.53. The number of nitrogens with two attached hydrogens (primary N) is 1. The molecule has 13 heteroatoms. The van der Waals surface area contributed by atoms with Gasteiger partial charge in [0.2, 0.25) is 5.91 Å². The Kier molecular flexibility index (Phi) is 9.21. The number of carboxylic acid groups (broad SMARTS) is 1. The highest BCUT2D eigenvalue weighted by atomic mass is 35.5. The molecule has 0 bridgehead atoms. The van der Waals surface area contributed by atoms with E-state index in [1.54, 1.807) is 25.1 Å². The zero-order valence-electron chi connectivity index (χ0n) is 20.6. The highest BCUT2D eigenvalue weighted by molar-refractivity contribution is 7.13. The third-order valence-electron chi connectivity index (χ3n) is 5.85. The van der Waals surface area contributed by atoms with Gasteiger partial charge in [-0.1, -0.05) is 30.1 Å². The maximum atomic E-state index is 13.9. The second-order valence-electron chi connectivity index (χ2n) is 8.61. The minimum Gasteiger partial charge on any atom is -0.493 e. The number of aliphatic hydroxyl groups is 1. The lowest BCUT2D eigenvalue weighted by Crippen LogP contribution is -2.52. The molecule has 0 saturated carbocycles. The van der Waals surface area contributed by atoms with E-state index in [1.807, 2.05) is 0 Å². The maximum absolute atomic E-state index is 13.9. The number of methoxy groups -OCH3 is 2. The summed E-state index contributed by atoms with van der Waals surface area (Å²) >= 11 is 13.3. The molecule has 1 heterocycles. The van der Waals surface area contributed by atoms with Gasteiger partial charge in [0.15, 0.2) is 11.5 Å². The van der Waals surface area contributed by atoms with E-state index >= 15 is 0 Å². The van der Waals surface area contributed by atoms with Crippen LogP contribution in [0.5, 0.6) is 11.5 Å². The van der Waals surface area contributed by atoms with E-state index in [1.165, 1.54) is 43.5 Å². The zero-order valence-corrected chi connectivity index (χ0v) is 22.9. The van der Waals surface area contributed by atoms with Gasteiger partial charge in [0.05, 0.1) is 36.0 Å². The summed E-state index contributed by atoms with van der Waals surface area (Å²) in [7, 11) is 2.90. The fraction of sp³-hybridized carbons (Fsp3) is 0.280. The molecular weight excluding hydrogens is 557 g/mol. The number of aromatic carboxylic acids is 1. The molecule has 2 unspecified atom stereocenters. The molecule has 0 saturated heterocycles. The maximum Gasteiger partial charge on any atom is 0.347 e. The molecule has 0 aliphatic heterocycles. The number of aliphatic hydroxyl groups excluding tert-OH is 1. The zero-order chi connectivity index (χ0) is 28.2. The van der Waals surface area contributed by atoms with Crippen molar-refractivity contribution in [1.29, 1.82) is 0 Å². The van der Waals surface area contributed by atoms with Crippen molar-refractivity contribution in [3.05, 3.63) is 68.1 Å². The third kappa shape index (κ3) is 6.36. The SMILES string of the molecule is COc1ccc(N(CC(C)(Cc2ncc(C(=O)O)s2)C(O)C(N)=O)C(=O)c2ccc(Cl)cc2Cl)cc1OC. The van der Waals surface area contributed by atoms with E-state index in [9.17, 15) is 24.6 Å². The van der Waals surface area contributed by atoms with E-state index in [-0.39, 0.29) is 28.4 Å². The van der Waals surface area contributed by atoms with Crippen LogP contribution in [0.1, 0.15) is 32.0 Å². The first-order valence-electron chi connectivity index (χ1n) is 11.0.